The molecule has 0 spiro atoms. The van der Waals surface area contributed by atoms with Gasteiger partial charge in [0, 0.05) is 36.4 Å². The Morgan fingerprint density at radius 3 is 2.73 bits per heavy atom. The van der Waals surface area contributed by atoms with E-state index in [1.165, 1.54) is 10.9 Å². The van der Waals surface area contributed by atoms with E-state index in [2.05, 4.69) is 39.4 Å². The van der Waals surface area contributed by atoms with Crippen LogP contribution in [0.1, 0.15) is 16.9 Å². The standard InChI is InChI=1S/C21H19N3O2/c25-21(18-15-20(26-23-18)17-8-2-1-3-9-17)22-12-6-13-24-14-11-16-7-4-5-10-19(16)24/h1-5,7-11,14-15H,6,12-13H2,(H,22,25). The Kier molecular flexibility index (Phi) is 4.51. The van der Waals surface area contributed by atoms with Crippen LogP contribution in [0.2, 0.25) is 0 Å². The number of nitrogens with zero attached hydrogens (tertiary/aromatic N) is 2. The highest BCUT2D eigenvalue weighted by Gasteiger charge is 2.13. The Bertz CT molecular complexity index is 1020. The lowest BCUT2D eigenvalue weighted by atomic mass is 10.1. The van der Waals surface area contributed by atoms with Crippen molar-refractivity contribution in [2.24, 2.45) is 0 Å². The molecule has 5 heteroatoms. The molecule has 1 amide bonds. The Labute approximate surface area is 151 Å². The van der Waals surface area contributed by atoms with E-state index < -0.39 is 0 Å². The van der Waals surface area contributed by atoms with Gasteiger partial charge in [0.15, 0.2) is 11.5 Å². The lowest BCUT2D eigenvalue weighted by Crippen LogP contribution is -2.25. The van der Waals surface area contributed by atoms with Crippen LogP contribution in [0, 0.1) is 0 Å². The summed E-state index contributed by atoms with van der Waals surface area (Å²) in [7, 11) is 0. The number of aryl methyl sites for hydroxylation is 1. The second kappa shape index (κ2) is 7.27. The number of fused-ring (bicyclic) bond motifs is 1. The van der Waals surface area contributed by atoms with Gasteiger partial charge in [0.1, 0.15) is 0 Å². The molecule has 130 valence electrons. The second-order valence-corrected chi connectivity index (χ2v) is 6.12. The maximum Gasteiger partial charge on any atom is 0.273 e. The summed E-state index contributed by atoms with van der Waals surface area (Å²) in [6, 6.07) is 21.7. The average Bonchev–Trinajstić information content (AvgIpc) is 3.33. The molecular formula is C21H19N3O2. The minimum absolute atomic E-state index is 0.215. The summed E-state index contributed by atoms with van der Waals surface area (Å²) >= 11 is 0. The molecule has 0 radical (unpaired) electrons. The first-order valence-electron chi connectivity index (χ1n) is 8.65. The van der Waals surface area contributed by atoms with Gasteiger partial charge in [-0.2, -0.15) is 0 Å². The number of aromatic nitrogens is 2. The molecule has 0 unspecified atom stereocenters. The summed E-state index contributed by atoms with van der Waals surface area (Å²) in [5.41, 5.74) is 2.41. The lowest BCUT2D eigenvalue weighted by Gasteiger charge is -2.06. The van der Waals surface area contributed by atoms with Gasteiger partial charge in [-0.05, 0) is 23.9 Å². The normalized spacial score (nSPS) is 10.9. The topological polar surface area (TPSA) is 60.1 Å². The molecule has 5 nitrogen and oxygen atoms in total. The van der Waals surface area contributed by atoms with Crippen LogP contribution < -0.4 is 5.32 Å². The Balaban J connectivity index is 1.31. The van der Waals surface area contributed by atoms with Crippen LogP contribution in [0.5, 0.6) is 0 Å². The minimum Gasteiger partial charge on any atom is -0.355 e. The quantitative estimate of drug-likeness (QED) is 0.535. The number of carbonyl (C=O) groups excluding carboxylic acids is 1. The predicted molar refractivity (Wildman–Crippen MR) is 101 cm³/mol. The molecule has 4 rings (SSSR count). The van der Waals surface area contributed by atoms with Crippen molar-refractivity contribution in [3.05, 3.63) is 78.6 Å². The molecule has 0 bridgehead atoms. The summed E-state index contributed by atoms with van der Waals surface area (Å²) in [4.78, 5) is 12.2. The van der Waals surface area contributed by atoms with Crippen LogP contribution in [-0.4, -0.2) is 22.2 Å². The number of nitrogens with one attached hydrogen (secondary N) is 1. The molecule has 0 saturated carbocycles. The summed E-state index contributed by atoms with van der Waals surface area (Å²) in [5, 5.41) is 8.00. The van der Waals surface area contributed by atoms with Gasteiger partial charge in [-0.3, -0.25) is 4.79 Å². The lowest BCUT2D eigenvalue weighted by molar-refractivity contribution is 0.0944. The average molecular weight is 345 g/mol. The van der Waals surface area contributed by atoms with E-state index in [0.717, 1.165) is 18.5 Å². The molecule has 0 aliphatic carbocycles. The molecule has 0 saturated heterocycles. The van der Waals surface area contributed by atoms with E-state index in [1.54, 1.807) is 6.07 Å². The second-order valence-electron chi connectivity index (χ2n) is 6.12. The van der Waals surface area contributed by atoms with Crippen molar-refractivity contribution in [3.63, 3.8) is 0 Å². The Morgan fingerprint density at radius 2 is 1.85 bits per heavy atom. The van der Waals surface area contributed by atoms with Gasteiger partial charge in [0.25, 0.3) is 5.91 Å². The summed E-state index contributed by atoms with van der Waals surface area (Å²) in [6.45, 7) is 1.43. The molecule has 1 N–H and O–H groups in total. The SMILES string of the molecule is O=C(NCCCn1ccc2ccccc21)c1cc(-c2ccccc2)on1. The molecule has 0 aliphatic heterocycles. The van der Waals surface area contributed by atoms with Crippen LogP contribution in [0.4, 0.5) is 0 Å². The van der Waals surface area contributed by atoms with Gasteiger partial charge < -0.3 is 14.4 Å². The third-order valence-corrected chi connectivity index (χ3v) is 4.34. The molecule has 4 aromatic rings. The first-order valence-corrected chi connectivity index (χ1v) is 8.65. The highest BCUT2D eigenvalue weighted by Crippen LogP contribution is 2.19. The van der Waals surface area contributed by atoms with Crippen molar-refractivity contribution in [3.8, 4) is 11.3 Å². The molecule has 26 heavy (non-hydrogen) atoms. The first-order chi connectivity index (χ1) is 12.8. The molecule has 0 aliphatic rings. The van der Waals surface area contributed by atoms with Crippen LogP contribution in [-0.2, 0) is 6.54 Å². The number of hydrogen-bond acceptors (Lipinski definition) is 3. The minimum atomic E-state index is -0.215. The number of para-hydroxylation sites is 1. The van der Waals surface area contributed by atoms with Gasteiger partial charge in [-0.25, -0.2) is 0 Å². The monoisotopic (exact) mass is 345 g/mol. The van der Waals surface area contributed by atoms with E-state index in [4.69, 9.17) is 4.52 Å². The predicted octanol–water partition coefficient (Wildman–Crippen LogP) is 4.12. The van der Waals surface area contributed by atoms with Crippen LogP contribution in [0.3, 0.4) is 0 Å². The smallest absolute Gasteiger partial charge is 0.273 e. The number of hydrogen-bond donors (Lipinski definition) is 1. The fourth-order valence-corrected chi connectivity index (χ4v) is 3.00. The first kappa shape index (κ1) is 16.1. The number of carbonyl (C=O) groups is 1. The zero-order chi connectivity index (χ0) is 17.8. The fourth-order valence-electron chi connectivity index (χ4n) is 3.00. The summed E-state index contributed by atoms with van der Waals surface area (Å²) < 4.78 is 7.47. The summed E-state index contributed by atoms with van der Waals surface area (Å²) in [6.07, 6.45) is 2.92. The van der Waals surface area contributed by atoms with Crippen molar-refractivity contribution >= 4 is 16.8 Å². The zero-order valence-corrected chi connectivity index (χ0v) is 14.3. The highest BCUT2D eigenvalue weighted by atomic mass is 16.5. The van der Waals surface area contributed by atoms with Crippen molar-refractivity contribution in [1.82, 2.24) is 15.0 Å². The zero-order valence-electron chi connectivity index (χ0n) is 14.3. The molecule has 2 heterocycles. The maximum atomic E-state index is 12.2. The van der Waals surface area contributed by atoms with E-state index in [0.29, 0.717) is 18.0 Å². The maximum absolute atomic E-state index is 12.2. The van der Waals surface area contributed by atoms with Crippen molar-refractivity contribution in [1.29, 1.82) is 0 Å². The third kappa shape index (κ3) is 3.37. The fraction of sp³-hybridized carbons (Fsp3) is 0.143. The molecular weight excluding hydrogens is 326 g/mol. The van der Waals surface area contributed by atoms with Gasteiger partial charge >= 0.3 is 0 Å². The van der Waals surface area contributed by atoms with Crippen LogP contribution in [0.25, 0.3) is 22.2 Å². The summed E-state index contributed by atoms with van der Waals surface area (Å²) in [5.74, 6) is 0.378. The van der Waals surface area contributed by atoms with E-state index >= 15 is 0 Å². The van der Waals surface area contributed by atoms with Gasteiger partial charge in [0.2, 0.25) is 0 Å². The molecule has 2 aromatic heterocycles. The van der Waals surface area contributed by atoms with Gasteiger partial charge in [-0.15, -0.1) is 0 Å². The van der Waals surface area contributed by atoms with E-state index in [9.17, 15) is 4.79 Å². The Morgan fingerprint density at radius 1 is 1.04 bits per heavy atom. The van der Waals surface area contributed by atoms with Crippen LogP contribution >= 0.6 is 0 Å². The van der Waals surface area contributed by atoms with Crippen molar-refractivity contribution in [2.75, 3.05) is 6.54 Å². The van der Waals surface area contributed by atoms with Crippen molar-refractivity contribution < 1.29 is 9.32 Å². The highest BCUT2D eigenvalue weighted by molar-refractivity contribution is 5.93. The van der Waals surface area contributed by atoms with Crippen LogP contribution in [0.15, 0.2) is 77.4 Å². The van der Waals surface area contributed by atoms with E-state index in [-0.39, 0.29) is 5.91 Å². The number of benzene rings is 2. The molecule has 2 aromatic carbocycles. The third-order valence-electron chi connectivity index (χ3n) is 4.34. The van der Waals surface area contributed by atoms with Gasteiger partial charge in [0.05, 0.1) is 0 Å². The van der Waals surface area contributed by atoms with E-state index in [1.807, 2.05) is 42.5 Å². The molecule has 0 fully saturated rings. The number of rotatable bonds is 6. The largest absolute Gasteiger partial charge is 0.355 e. The molecule has 0 atom stereocenters. The van der Waals surface area contributed by atoms with Gasteiger partial charge in [-0.1, -0.05) is 53.7 Å². The number of amides is 1. The Hall–Kier alpha value is -3.34. The van der Waals surface area contributed by atoms with Crippen molar-refractivity contribution in [2.45, 2.75) is 13.0 Å².